The lowest BCUT2D eigenvalue weighted by molar-refractivity contribution is -0.161. The van der Waals surface area contributed by atoms with Gasteiger partial charge in [-0.2, -0.15) is 0 Å². The summed E-state index contributed by atoms with van der Waals surface area (Å²) in [5.41, 5.74) is 0. The van der Waals surface area contributed by atoms with Crippen molar-refractivity contribution in [1.29, 1.82) is 0 Å². The smallest absolute Gasteiger partial charge is 0.306 e. The Morgan fingerprint density at radius 2 is 0.976 bits per heavy atom. The Morgan fingerprint density at radius 3 is 1.49 bits per heavy atom. The van der Waals surface area contributed by atoms with Gasteiger partial charge < -0.3 is 14.6 Å². The van der Waals surface area contributed by atoms with Crippen molar-refractivity contribution in [3.8, 4) is 0 Å². The standard InChI is InChI=1S/C36H66O5/c1-3-5-7-9-11-13-15-17-18-19-21-22-24-26-28-30-35(38)40-33-34(32-37)41-36(39)31-29-27-25-23-20-16-14-12-10-8-6-4-2/h11,13,17-18,34,37H,3-10,12,14-16,19-33H2,1-2H3/t34-/m0/s1. The molecule has 0 saturated carbocycles. The van der Waals surface area contributed by atoms with Crippen LogP contribution in [0, 0.1) is 0 Å². The average Bonchev–Trinajstić information content (AvgIpc) is 2.97. The Hall–Kier alpha value is -1.62. The van der Waals surface area contributed by atoms with E-state index < -0.39 is 6.10 Å². The highest BCUT2D eigenvalue weighted by molar-refractivity contribution is 5.70. The molecule has 0 amide bonds. The van der Waals surface area contributed by atoms with Crippen LogP contribution in [0.15, 0.2) is 24.3 Å². The molecule has 0 spiro atoms. The van der Waals surface area contributed by atoms with E-state index in [0.29, 0.717) is 12.8 Å². The maximum atomic E-state index is 12.1. The normalized spacial score (nSPS) is 12.4. The number of allylic oxidation sites excluding steroid dienone is 4. The molecule has 0 aromatic rings. The first-order valence-corrected chi connectivity index (χ1v) is 17.4. The van der Waals surface area contributed by atoms with Gasteiger partial charge in [0.15, 0.2) is 6.10 Å². The molecule has 0 aliphatic carbocycles. The van der Waals surface area contributed by atoms with E-state index in [1.807, 2.05) is 0 Å². The van der Waals surface area contributed by atoms with Crippen LogP contribution in [-0.2, 0) is 19.1 Å². The molecule has 0 bridgehead atoms. The summed E-state index contributed by atoms with van der Waals surface area (Å²) in [7, 11) is 0. The van der Waals surface area contributed by atoms with Gasteiger partial charge in [0.2, 0.25) is 0 Å². The molecule has 0 aliphatic rings. The maximum absolute atomic E-state index is 12.1. The van der Waals surface area contributed by atoms with E-state index in [4.69, 9.17) is 9.47 Å². The fraction of sp³-hybridized carbons (Fsp3) is 0.833. The first kappa shape index (κ1) is 39.4. The largest absolute Gasteiger partial charge is 0.462 e. The summed E-state index contributed by atoms with van der Waals surface area (Å²) in [5, 5.41) is 9.50. The molecule has 0 radical (unpaired) electrons. The number of aliphatic hydroxyl groups is 1. The van der Waals surface area contributed by atoms with Gasteiger partial charge in [0.05, 0.1) is 6.61 Å². The number of esters is 2. The van der Waals surface area contributed by atoms with Gasteiger partial charge in [0, 0.05) is 12.8 Å². The number of hydrogen-bond acceptors (Lipinski definition) is 5. The van der Waals surface area contributed by atoms with Crippen LogP contribution in [0.2, 0.25) is 0 Å². The maximum Gasteiger partial charge on any atom is 0.306 e. The molecule has 1 N–H and O–H groups in total. The summed E-state index contributed by atoms with van der Waals surface area (Å²) in [4.78, 5) is 24.1. The zero-order valence-corrected chi connectivity index (χ0v) is 27.1. The van der Waals surface area contributed by atoms with Gasteiger partial charge in [-0.25, -0.2) is 0 Å². The van der Waals surface area contributed by atoms with Crippen molar-refractivity contribution in [2.24, 2.45) is 0 Å². The van der Waals surface area contributed by atoms with Crippen LogP contribution in [0.25, 0.3) is 0 Å². The SMILES string of the molecule is CCCCCC=CCC=CCCCCCCCC(=O)OC[C@H](CO)OC(=O)CCCCCCCCCCCCCC. The van der Waals surface area contributed by atoms with Gasteiger partial charge >= 0.3 is 11.9 Å². The quantitative estimate of drug-likeness (QED) is 0.0503. The van der Waals surface area contributed by atoms with E-state index in [1.54, 1.807) is 0 Å². The van der Waals surface area contributed by atoms with Crippen molar-refractivity contribution in [2.75, 3.05) is 13.2 Å². The molecule has 5 heteroatoms. The zero-order chi connectivity index (χ0) is 30.1. The van der Waals surface area contributed by atoms with Crippen molar-refractivity contribution in [1.82, 2.24) is 0 Å². The fourth-order valence-electron chi connectivity index (χ4n) is 4.82. The third kappa shape index (κ3) is 31.2. The molecule has 0 rings (SSSR count). The number of rotatable bonds is 31. The number of carbonyl (C=O) groups is 2. The molecule has 0 aliphatic heterocycles. The van der Waals surface area contributed by atoms with E-state index in [9.17, 15) is 14.7 Å². The van der Waals surface area contributed by atoms with Crippen molar-refractivity contribution in [2.45, 2.75) is 180 Å². The fourth-order valence-corrected chi connectivity index (χ4v) is 4.82. The molecule has 0 saturated heterocycles. The van der Waals surface area contributed by atoms with Crippen LogP contribution >= 0.6 is 0 Å². The zero-order valence-electron chi connectivity index (χ0n) is 27.1. The first-order valence-electron chi connectivity index (χ1n) is 17.4. The van der Waals surface area contributed by atoms with E-state index in [1.165, 1.54) is 96.3 Å². The topological polar surface area (TPSA) is 72.8 Å². The third-order valence-electron chi connectivity index (χ3n) is 7.50. The molecule has 240 valence electrons. The van der Waals surface area contributed by atoms with Gasteiger partial charge in [0.25, 0.3) is 0 Å². The van der Waals surface area contributed by atoms with E-state index >= 15 is 0 Å². The van der Waals surface area contributed by atoms with E-state index in [0.717, 1.165) is 51.4 Å². The summed E-state index contributed by atoms with van der Waals surface area (Å²) in [6.07, 6.45) is 36.5. The van der Waals surface area contributed by atoms with E-state index in [2.05, 4.69) is 38.2 Å². The second kappa shape index (κ2) is 32.9. The third-order valence-corrected chi connectivity index (χ3v) is 7.50. The Kier molecular flexibility index (Phi) is 31.6. The van der Waals surface area contributed by atoms with Crippen molar-refractivity contribution in [3.63, 3.8) is 0 Å². The predicted octanol–water partition coefficient (Wildman–Crippen LogP) is 10.3. The van der Waals surface area contributed by atoms with Gasteiger partial charge in [0.1, 0.15) is 6.61 Å². The Bertz CT molecular complexity index is 627. The van der Waals surface area contributed by atoms with Crippen LogP contribution in [-0.4, -0.2) is 36.4 Å². The average molecular weight is 579 g/mol. The van der Waals surface area contributed by atoms with Crippen molar-refractivity contribution in [3.05, 3.63) is 24.3 Å². The van der Waals surface area contributed by atoms with Crippen LogP contribution in [0.3, 0.4) is 0 Å². The molecule has 0 heterocycles. The highest BCUT2D eigenvalue weighted by atomic mass is 16.6. The van der Waals surface area contributed by atoms with Crippen molar-refractivity contribution >= 4 is 11.9 Å². The van der Waals surface area contributed by atoms with Crippen LogP contribution in [0.5, 0.6) is 0 Å². The predicted molar refractivity (Wildman–Crippen MR) is 173 cm³/mol. The van der Waals surface area contributed by atoms with Gasteiger partial charge in [-0.1, -0.05) is 141 Å². The van der Waals surface area contributed by atoms with Crippen LogP contribution in [0.1, 0.15) is 174 Å². The lowest BCUT2D eigenvalue weighted by Gasteiger charge is -2.15. The highest BCUT2D eigenvalue weighted by Crippen LogP contribution is 2.13. The Morgan fingerprint density at radius 1 is 0.561 bits per heavy atom. The number of aliphatic hydroxyl groups excluding tert-OH is 1. The van der Waals surface area contributed by atoms with Gasteiger partial charge in [-0.3, -0.25) is 9.59 Å². The molecule has 41 heavy (non-hydrogen) atoms. The molecule has 0 aromatic carbocycles. The molecule has 0 aromatic heterocycles. The molecular formula is C36H66O5. The minimum Gasteiger partial charge on any atom is -0.462 e. The number of ether oxygens (including phenoxy) is 2. The molecule has 0 unspecified atom stereocenters. The summed E-state index contributed by atoms with van der Waals surface area (Å²) >= 11 is 0. The molecular weight excluding hydrogens is 512 g/mol. The Balaban J connectivity index is 3.59. The lowest BCUT2D eigenvalue weighted by atomic mass is 10.0. The second-order valence-electron chi connectivity index (χ2n) is 11.6. The van der Waals surface area contributed by atoms with E-state index in [-0.39, 0.29) is 25.2 Å². The van der Waals surface area contributed by atoms with Gasteiger partial charge in [-0.05, 0) is 44.9 Å². The molecule has 1 atom stereocenters. The lowest BCUT2D eigenvalue weighted by Crippen LogP contribution is -2.28. The first-order chi connectivity index (χ1) is 20.1. The number of unbranched alkanes of at least 4 members (excludes halogenated alkanes) is 19. The summed E-state index contributed by atoms with van der Waals surface area (Å²) in [5.74, 6) is -0.605. The van der Waals surface area contributed by atoms with Crippen LogP contribution < -0.4 is 0 Å². The number of hydrogen-bond donors (Lipinski definition) is 1. The minimum atomic E-state index is -0.770. The highest BCUT2D eigenvalue weighted by Gasteiger charge is 2.16. The monoisotopic (exact) mass is 578 g/mol. The molecule has 5 nitrogen and oxygen atoms in total. The second-order valence-corrected chi connectivity index (χ2v) is 11.6. The van der Waals surface area contributed by atoms with Crippen molar-refractivity contribution < 1.29 is 24.2 Å². The summed E-state index contributed by atoms with van der Waals surface area (Å²) in [6.45, 7) is 4.08. The molecule has 0 fully saturated rings. The minimum absolute atomic E-state index is 0.0697. The number of carbonyl (C=O) groups excluding carboxylic acids is 2. The van der Waals surface area contributed by atoms with Crippen LogP contribution in [0.4, 0.5) is 0 Å². The Labute approximate surface area is 253 Å². The summed E-state index contributed by atoms with van der Waals surface area (Å²) < 4.78 is 10.5. The summed E-state index contributed by atoms with van der Waals surface area (Å²) in [6, 6.07) is 0. The van der Waals surface area contributed by atoms with Gasteiger partial charge in [-0.15, -0.1) is 0 Å².